The van der Waals surface area contributed by atoms with Gasteiger partial charge in [-0.3, -0.25) is 4.79 Å². The van der Waals surface area contributed by atoms with Crippen molar-refractivity contribution in [3.05, 3.63) is 12.1 Å². The molecule has 20 heavy (non-hydrogen) atoms. The fraction of sp³-hybridized carbons (Fsp3) is 0.500. The normalized spacial score (nSPS) is 17.7. The van der Waals surface area contributed by atoms with Gasteiger partial charge in [-0.2, -0.15) is 12.6 Å². The average molecular weight is 297 g/mol. The zero-order valence-electron chi connectivity index (χ0n) is 11.8. The predicted molar refractivity (Wildman–Crippen MR) is 80.0 cm³/mol. The van der Waals surface area contributed by atoms with Crippen LogP contribution in [0.25, 0.3) is 0 Å². The summed E-state index contributed by atoms with van der Waals surface area (Å²) in [6, 6.07) is 3.45. The summed E-state index contributed by atoms with van der Waals surface area (Å²) in [5.41, 5.74) is 0.686. The molecular weight excluding hydrogens is 278 g/mol. The molecule has 5 nitrogen and oxygen atoms in total. The van der Waals surface area contributed by atoms with E-state index in [1.165, 1.54) is 6.92 Å². The Morgan fingerprint density at radius 3 is 2.65 bits per heavy atom. The van der Waals surface area contributed by atoms with E-state index in [-0.39, 0.29) is 12.3 Å². The third-order valence-corrected chi connectivity index (χ3v) is 3.62. The molecule has 1 aliphatic rings. The van der Waals surface area contributed by atoms with E-state index in [1.54, 1.807) is 19.2 Å². The minimum absolute atomic E-state index is 0.315. The molecule has 2 rings (SSSR count). The van der Waals surface area contributed by atoms with E-state index in [0.29, 0.717) is 28.9 Å². The van der Waals surface area contributed by atoms with Crippen molar-refractivity contribution in [2.24, 2.45) is 5.92 Å². The molecule has 1 heterocycles. The first-order chi connectivity index (χ1) is 9.53. The van der Waals surface area contributed by atoms with Gasteiger partial charge in [0.25, 0.3) is 0 Å². The van der Waals surface area contributed by atoms with Crippen LogP contribution >= 0.6 is 12.6 Å². The Hall–Kier alpha value is -1.56. The molecule has 0 spiro atoms. The van der Waals surface area contributed by atoms with E-state index in [1.807, 2.05) is 0 Å². The Morgan fingerprint density at radius 2 is 2.10 bits per heavy atom. The van der Waals surface area contributed by atoms with Crippen LogP contribution in [0.15, 0.2) is 12.1 Å². The lowest BCUT2D eigenvalue weighted by molar-refractivity contribution is -0.131. The lowest BCUT2D eigenvalue weighted by Gasteiger charge is -2.13. The monoisotopic (exact) mass is 297 g/mol. The Bertz CT molecular complexity index is 506. The van der Waals surface area contributed by atoms with Crippen molar-refractivity contribution < 1.29 is 19.0 Å². The summed E-state index contributed by atoms with van der Waals surface area (Å²) >= 11 is 4.26. The molecule has 0 saturated heterocycles. The molecule has 0 radical (unpaired) electrons. The minimum Gasteiger partial charge on any atom is -0.451 e. The number of hydrogen-bond donors (Lipinski definition) is 2. The first-order valence-electron chi connectivity index (χ1n) is 6.52. The molecule has 0 amide bonds. The smallest absolute Gasteiger partial charge is 0.308 e. The van der Waals surface area contributed by atoms with Crippen molar-refractivity contribution in [2.45, 2.75) is 26.6 Å². The second kappa shape index (κ2) is 6.26. The van der Waals surface area contributed by atoms with Gasteiger partial charge in [-0.1, -0.05) is 6.92 Å². The fourth-order valence-corrected chi connectivity index (χ4v) is 2.12. The van der Waals surface area contributed by atoms with Crippen LogP contribution in [0.1, 0.15) is 20.3 Å². The molecule has 0 aliphatic carbocycles. The number of carbonyl (C=O) groups is 1. The molecule has 1 N–H and O–H groups in total. The highest BCUT2D eigenvalue weighted by atomic mass is 32.1. The average Bonchev–Trinajstić information content (AvgIpc) is 2.77. The van der Waals surface area contributed by atoms with E-state index in [2.05, 4.69) is 24.9 Å². The number of ether oxygens (including phenoxy) is 3. The van der Waals surface area contributed by atoms with Gasteiger partial charge in [0, 0.05) is 32.5 Å². The summed E-state index contributed by atoms with van der Waals surface area (Å²) in [5, 5.41) is 2.97. The van der Waals surface area contributed by atoms with Crippen molar-refractivity contribution in [3.63, 3.8) is 0 Å². The van der Waals surface area contributed by atoms with Crippen molar-refractivity contribution in [2.75, 3.05) is 18.1 Å². The van der Waals surface area contributed by atoms with Crippen LogP contribution in [0, 0.1) is 5.92 Å². The van der Waals surface area contributed by atoms with E-state index in [9.17, 15) is 4.79 Å². The van der Waals surface area contributed by atoms with Crippen molar-refractivity contribution >= 4 is 24.3 Å². The summed E-state index contributed by atoms with van der Waals surface area (Å²) in [6.45, 7) is 3.45. The molecule has 6 heteroatoms. The van der Waals surface area contributed by atoms with Crippen LogP contribution in [0.3, 0.4) is 0 Å². The second-order valence-corrected chi connectivity index (χ2v) is 5.19. The van der Waals surface area contributed by atoms with Gasteiger partial charge in [0.2, 0.25) is 6.29 Å². The molecular formula is C14H19NO4S. The van der Waals surface area contributed by atoms with Crippen LogP contribution in [0.5, 0.6) is 17.2 Å². The zero-order chi connectivity index (χ0) is 14.7. The van der Waals surface area contributed by atoms with Gasteiger partial charge < -0.3 is 19.5 Å². The summed E-state index contributed by atoms with van der Waals surface area (Å²) in [7, 11) is 1.75. The highest BCUT2D eigenvalue weighted by Crippen LogP contribution is 2.43. The van der Waals surface area contributed by atoms with Crippen LogP contribution in [0.4, 0.5) is 5.69 Å². The number of fused-ring (bicyclic) bond motifs is 1. The third-order valence-electron chi connectivity index (χ3n) is 2.99. The van der Waals surface area contributed by atoms with Crippen molar-refractivity contribution in [1.29, 1.82) is 0 Å². The van der Waals surface area contributed by atoms with E-state index in [4.69, 9.17) is 14.2 Å². The Kier molecular flexibility index (Phi) is 4.65. The summed E-state index contributed by atoms with van der Waals surface area (Å²) < 4.78 is 16.6. The number of rotatable bonds is 5. The fourth-order valence-electron chi connectivity index (χ4n) is 1.97. The largest absolute Gasteiger partial charge is 0.451 e. The maximum Gasteiger partial charge on any atom is 0.308 e. The minimum atomic E-state index is -0.374. The van der Waals surface area contributed by atoms with Gasteiger partial charge in [-0.15, -0.1) is 0 Å². The van der Waals surface area contributed by atoms with Gasteiger partial charge in [-0.25, -0.2) is 0 Å². The lowest BCUT2D eigenvalue weighted by Crippen LogP contribution is -2.21. The Morgan fingerprint density at radius 1 is 1.45 bits per heavy atom. The summed E-state index contributed by atoms with van der Waals surface area (Å²) in [5.74, 6) is 2.48. The number of hydrogen-bond acceptors (Lipinski definition) is 6. The van der Waals surface area contributed by atoms with Gasteiger partial charge >= 0.3 is 5.97 Å². The standard InChI is InChI=1S/C14H19NO4S/c1-8(7-20)4-14-18-12-5-10(15-3)11(17-9(2)16)6-13(12)19-14/h5-6,8,14-15,20H,4,7H2,1-3H3/t8-,14?/m0/s1. The molecule has 2 atom stereocenters. The number of carbonyl (C=O) groups excluding carboxylic acids is 1. The second-order valence-electron chi connectivity index (χ2n) is 4.83. The lowest BCUT2D eigenvalue weighted by atomic mass is 10.1. The van der Waals surface area contributed by atoms with Gasteiger partial charge in [-0.05, 0) is 11.7 Å². The number of nitrogens with one attached hydrogen (secondary N) is 1. The highest BCUT2D eigenvalue weighted by molar-refractivity contribution is 7.80. The maximum atomic E-state index is 11.1. The van der Waals surface area contributed by atoms with Crippen LogP contribution in [-0.2, 0) is 4.79 Å². The number of esters is 1. The molecule has 1 unspecified atom stereocenters. The first kappa shape index (κ1) is 14.8. The predicted octanol–water partition coefficient (Wildman–Crippen LogP) is 2.71. The molecule has 0 aromatic heterocycles. The van der Waals surface area contributed by atoms with Gasteiger partial charge in [0.1, 0.15) is 0 Å². The van der Waals surface area contributed by atoms with Crippen LogP contribution < -0.4 is 19.5 Å². The number of thiol groups is 1. The third kappa shape index (κ3) is 3.30. The van der Waals surface area contributed by atoms with Crippen LogP contribution in [-0.4, -0.2) is 25.1 Å². The van der Waals surface area contributed by atoms with E-state index in [0.717, 1.165) is 12.2 Å². The Labute approximate surface area is 124 Å². The molecule has 1 aliphatic heterocycles. The summed E-state index contributed by atoms with van der Waals surface area (Å²) in [4.78, 5) is 11.1. The SMILES string of the molecule is CNc1cc2c(cc1OC(C)=O)OC(C[C@H](C)CS)O2. The van der Waals surface area contributed by atoms with Crippen molar-refractivity contribution in [3.8, 4) is 17.2 Å². The van der Waals surface area contributed by atoms with Gasteiger partial charge in [0.05, 0.1) is 5.69 Å². The van der Waals surface area contributed by atoms with Crippen molar-refractivity contribution in [1.82, 2.24) is 0 Å². The molecule has 1 aromatic rings. The molecule has 0 saturated carbocycles. The topological polar surface area (TPSA) is 56.8 Å². The Balaban J connectivity index is 2.17. The van der Waals surface area contributed by atoms with Crippen LogP contribution in [0.2, 0.25) is 0 Å². The first-order valence-corrected chi connectivity index (χ1v) is 7.15. The quantitative estimate of drug-likeness (QED) is 0.497. The summed E-state index contributed by atoms with van der Waals surface area (Å²) in [6.07, 6.45) is 0.445. The number of benzene rings is 1. The van der Waals surface area contributed by atoms with E-state index >= 15 is 0 Å². The van der Waals surface area contributed by atoms with E-state index < -0.39 is 0 Å². The van der Waals surface area contributed by atoms with Gasteiger partial charge in [0.15, 0.2) is 17.2 Å². The molecule has 0 bridgehead atoms. The molecule has 1 aromatic carbocycles. The zero-order valence-corrected chi connectivity index (χ0v) is 12.7. The molecule has 0 fully saturated rings. The maximum absolute atomic E-state index is 11.1. The molecule has 110 valence electrons. The number of anilines is 1. The highest BCUT2D eigenvalue weighted by Gasteiger charge is 2.27.